The highest BCUT2D eigenvalue weighted by molar-refractivity contribution is 5.91. The predicted octanol–water partition coefficient (Wildman–Crippen LogP) is 2.98. The van der Waals surface area contributed by atoms with Gasteiger partial charge in [-0.15, -0.1) is 0 Å². The minimum Gasteiger partial charge on any atom is -0.489 e. The van der Waals surface area contributed by atoms with E-state index >= 15 is 0 Å². The van der Waals surface area contributed by atoms with Crippen LogP contribution in [0, 0.1) is 20.8 Å². The molecule has 29 heavy (non-hydrogen) atoms. The van der Waals surface area contributed by atoms with Gasteiger partial charge in [0.25, 0.3) is 0 Å². The van der Waals surface area contributed by atoms with E-state index < -0.39 is 6.03 Å². The summed E-state index contributed by atoms with van der Waals surface area (Å²) in [7, 11) is 1.44. The second-order valence-electron chi connectivity index (χ2n) is 6.98. The fourth-order valence-corrected chi connectivity index (χ4v) is 3.02. The molecular weight excluding hydrogens is 368 g/mol. The molecule has 0 aliphatic carbocycles. The maximum atomic E-state index is 12.2. The van der Waals surface area contributed by atoms with Gasteiger partial charge in [0.15, 0.2) is 0 Å². The van der Waals surface area contributed by atoms with Crippen molar-refractivity contribution < 1.29 is 9.53 Å². The summed E-state index contributed by atoms with van der Waals surface area (Å²) in [6.07, 6.45) is 1.92. The largest absolute Gasteiger partial charge is 0.489 e. The third-order valence-corrected chi connectivity index (χ3v) is 4.67. The third kappa shape index (κ3) is 4.39. The molecule has 0 aliphatic rings. The third-order valence-electron chi connectivity index (χ3n) is 4.67. The molecule has 8 nitrogen and oxygen atoms in total. The van der Waals surface area contributed by atoms with Crippen LogP contribution in [0.3, 0.4) is 0 Å². The van der Waals surface area contributed by atoms with Crippen molar-refractivity contribution in [3.63, 3.8) is 0 Å². The highest BCUT2D eigenvalue weighted by Gasteiger charge is 2.19. The Morgan fingerprint density at radius 2 is 1.86 bits per heavy atom. The number of aryl methyl sites for hydroxylation is 3. The lowest BCUT2D eigenvalue weighted by Crippen LogP contribution is -2.49. The molecule has 1 aromatic heterocycles. The van der Waals surface area contributed by atoms with Crippen molar-refractivity contribution in [1.29, 1.82) is 0 Å². The summed E-state index contributed by atoms with van der Waals surface area (Å²) in [4.78, 5) is 12.2. The molecular formula is C21H26N6O2. The first-order valence-corrected chi connectivity index (χ1v) is 9.19. The van der Waals surface area contributed by atoms with Gasteiger partial charge in [0, 0.05) is 18.8 Å². The molecule has 1 heterocycles. The van der Waals surface area contributed by atoms with Gasteiger partial charge in [-0.2, -0.15) is 5.10 Å². The first-order valence-electron chi connectivity index (χ1n) is 9.19. The van der Waals surface area contributed by atoms with Gasteiger partial charge in [0.2, 0.25) is 0 Å². The van der Waals surface area contributed by atoms with Gasteiger partial charge in [0.05, 0.1) is 17.1 Å². The minimum atomic E-state index is -0.521. The number of hydrogen-bond donors (Lipinski definition) is 2. The lowest BCUT2D eigenvalue weighted by atomic mass is 10.1. The lowest BCUT2D eigenvalue weighted by molar-refractivity contribution is 0.216. The number of hydrogen-bond acceptors (Lipinski definition) is 5. The minimum absolute atomic E-state index is 0.262. The number of urea groups is 1. The van der Waals surface area contributed by atoms with Gasteiger partial charge in [0.1, 0.15) is 12.4 Å². The Morgan fingerprint density at radius 1 is 1.10 bits per heavy atom. The predicted molar refractivity (Wildman–Crippen MR) is 113 cm³/mol. The van der Waals surface area contributed by atoms with E-state index in [2.05, 4.69) is 5.10 Å². The van der Waals surface area contributed by atoms with Crippen LogP contribution in [0.15, 0.2) is 48.7 Å². The van der Waals surface area contributed by atoms with Crippen LogP contribution < -0.4 is 21.4 Å². The number of nitrogens with two attached hydrogens (primary N) is 2. The number of hydrazine groups is 2. The topological polar surface area (TPSA) is 103 Å². The smallest absolute Gasteiger partial charge is 0.352 e. The van der Waals surface area contributed by atoms with Crippen molar-refractivity contribution in [2.45, 2.75) is 27.4 Å². The van der Waals surface area contributed by atoms with E-state index in [1.54, 1.807) is 6.07 Å². The van der Waals surface area contributed by atoms with Crippen molar-refractivity contribution in [2.75, 3.05) is 12.1 Å². The molecule has 0 unspecified atom stereocenters. The van der Waals surface area contributed by atoms with E-state index in [1.807, 2.05) is 68.0 Å². The highest BCUT2D eigenvalue weighted by atomic mass is 16.5. The summed E-state index contributed by atoms with van der Waals surface area (Å²) in [5.74, 6) is 12.3. The van der Waals surface area contributed by atoms with E-state index in [-0.39, 0.29) is 6.61 Å². The number of anilines is 1. The van der Waals surface area contributed by atoms with Gasteiger partial charge < -0.3 is 4.74 Å². The van der Waals surface area contributed by atoms with Crippen LogP contribution in [0.2, 0.25) is 0 Å². The zero-order valence-corrected chi connectivity index (χ0v) is 17.1. The zero-order chi connectivity index (χ0) is 21.1. The summed E-state index contributed by atoms with van der Waals surface area (Å²) < 4.78 is 7.89. The maximum Gasteiger partial charge on any atom is 0.352 e. The average Bonchev–Trinajstić information content (AvgIpc) is 3.12. The molecule has 3 rings (SSSR count). The fourth-order valence-electron chi connectivity index (χ4n) is 3.02. The normalized spacial score (nSPS) is 10.7. The zero-order valence-electron chi connectivity index (χ0n) is 17.1. The Labute approximate surface area is 170 Å². The van der Waals surface area contributed by atoms with Gasteiger partial charge in [-0.3, -0.25) is 5.01 Å². The van der Waals surface area contributed by atoms with Crippen LogP contribution in [-0.2, 0) is 6.61 Å². The molecule has 152 valence electrons. The molecule has 0 bridgehead atoms. The lowest BCUT2D eigenvalue weighted by Gasteiger charge is -2.24. The molecule has 0 aliphatic heterocycles. The summed E-state index contributed by atoms with van der Waals surface area (Å²) in [6, 6.07) is 12.9. The highest BCUT2D eigenvalue weighted by Crippen LogP contribution is 2.27. The Hall–Kier alpha value is -3.36. The Kier molecular flexibility index (Phi) is 5.86. The van der Waals surface area contributed by atoms with Crippen LogP contribution in [0.5, 0.6) is 5.75 Å². The number of ether oxygens (including phenoxy) is 1. The van der Waals surface area contributed by atoms with E-state index in [4.69, 9.17) is 16.4 Å². The number of aromatic nitrogens is 2. The molecule has 0 fully saturated rings. The second kappa shape index (κ2) is 8.34. The van der Waals surface area contributed by atoms with Crippen molar-refractivity contribution >= 4 is 11.7 Å². The molecule has 2 aromatic carbocycles. The number of rotatable bonds is 5. The van der Waals surface area contributed by atoms with Gasteiger partial charge >= 0.3 is 6.03 Å². The van der Waals surface area contributed by atoms with E-state index in [1.165, 1.54) is 7.05 Å². The molecule has 0 spiro atoms. The molecule has 0 saturated carbocycles. The average molecular weight is 394 g/mol. The van der Waals surface area contributed by atoms with Gasteiger partial charge in [-0.05, 0) is 62.2 Å². The van der Waals surface area contributed by atoms with Crippen LogP contribution in [0.1, 0.15) is 22.4 Å². The first kappa shape index (κ1) is 20.4. The fraction of sp³-hybridized carbons (Fsp3) is 0.238. The van der Waals surface area contributed by atoms with Crippen LogP contribution in [0.25, 0.3) is 5.69 Å². The number of nitrogens with zero attached hydrogens (tertiary/aromatic N) is 4. The van der Waals surface area contributed by atoms with Crippen LogP contribution in [0.4, 0.5) is 10.5 Å². The summed E-state index contributed by atoms with van der Waals surface area (Å²) in [6.45, 7) is 6.14. The maximum absolute atomic E-state index is 12.2. The van der Waals surface area contributed by atoms with Crippen LogP contribution in [-0.4, -0.2) is 27.9 Å². The number of amides is 2. The van der Waals surface area contributed by atoms with Crippen molar-refractivity contribution in [3.05, 3.63) is 71.0 Å². The Balaban J connectivity index is 1.82. The molecule has 0 saturated heterocycles. The second-order valence-corrected chi connectivity index (χ2v) is 6.98. The molecule has 2 amide bonds. The number of benzene rings is 2. The first-order chi connectivity index (χ1) is 13.8. The van der Waals surface area contributed by atoms with Crippen molar-refractivity contribution in [2.24, 2.45) is 11.7 Å². The number of carbonyl (C=O) groups excluding carboxylic acids is 1. The van der Waals surface area contributed by atoms with Crippen molar-refractivity contribution in [3.8, 4) is 11.4 Å². The van der Waals surface area contributed by atoms with E-state index in [0.717, 1.165) is 43.8 Å². The van der Waals surface area contributed by atoms with Crippen LogP contribution >= 0.6 is 0 Å². The standard InChI is InChI=1S/C21H26N6O2/c1-14-6-5-7-19(27(23)21(28)25(4)22)18(14)13-29-20-9-8-17(12-15(20)2)26-11-10-16(3)24-26/h5-12H,13,22-23H2,1-4H3. The Morgan fingerprint density at radius 3 is 2.48 bits per heavy atom. The molecule has 0 atom stereocenters. The molecule has 8 heteroatoms. The Bertz CT molecular complexity index is 1030. The van der Waals surface area contributed by atoms with E-state index in [0.29, 0.717) is 5.69 Å². The van der Waals surface area contributed by atoms with Gasteiger partial charge in [-0.25, -0.2) is 26.2 Å². The summed E-state index contributed by atoms with van der Waals surface area (Å²) >= 11 is 0. The molecule has 0 radical (unpaired) electrons. The number of carbonyl (C=O) groups is 1. The SMILES string of the molecule is Cc1ccn(-c2ccc(OCc3c(C)cccc3N(N)C(=O)N(C)N)c(C)c2)n1. The summed E-state index contributed by atoms with van der Waals surface area (Å²) in [5.41, 5.74) is 5.23. The molecule has 3 aromatic rings. The quantitative estimate of drug-likeness (QED) is 0.393. The van der Waals surface area contributed by atoms with Crippen molar-refractivity contribution in [1.82, 2.24) is 14.8 Å². The monoisotopic (exact) mass is 394 g/mol. The van der Waals surface area contributed by atoms with Gasteiger partial charge in [-0.1, -0.05) is 12.1 Å². The molecule has 4 N–H and O–H groups in total. The van der Waals surface area contributed by atoms with E-state index in [9.17, 15) is 4.79 Å². The summed E-state index contributed by atoms with van der Waals surface area (Å²) in [5, 5.41) is 6.40.